The molecule has 3 rings (SSSR count). The van der Waals surface area contributed by atoms with Crippen LogP contribution in [-0.2, 0) is 16.1 Å². The number of hydrogen-bond donors (Lipinski definition) is 2. The Labute approximate surface area is 132 Å². The number of benzene rings is 1. The van der Waals surface area contributed by atoms with E-state index in [1.807, 2.05) is 0 Å². The molecule has 3 N–H and O–H groups in total. The van der Waals surface area contributed by atoms with E-state index in [1.165, 1.54) is 11.6 Å². The van der Waals surface area contributed by atoms with Crippen LogP contribution < -0.4 is 11.1 Å². The normalized spacial score (nSPS) is 14.0. The SMILES string of the molecule is CC(=O)Cn1nc(C(N)=O)c2cc(NC(=O)CC3CC3)ccc21. The third-order valence-corrected chi connectivity index (χ3v) is 3.81. The molecule has 1 saturated carbocycles. The van der Waals surface area contributed by atoms with Crippen LogP contribution >= 0.6 is 0 Å². The minimum atomic E-state index is -0.668. The van der Waals surface area contributed by atoms with Gasteiger partial charge in [-0.25, -0.2) is 0 Å². The maximum atomic E-state index is 11.9. The molecule has 1 aliphatic rings. The van der Waals surface area contributed by atoms with Gasteiger partial charge in [0.25, 0.3) is 5.91 Å². The third kappa shape index (κ3) is 3.39. The number of nitrogens with one attached hydrogen (secondary N) is 1. The number of Topliss-reactive ketones (excluding diaryl/α,β-unsaturated/α-hetero) is 1. The summed E-state index contributed by atoms with van der Waals surface area (Å²) in [5, 5.41) is 7.47. The molecule has 0 spiro atoms. The first-order valence-corrected chi connectivity index (χ1v) is 7.53. The molecule has 7 nitrogen and oxygen atoms in total. The van der Waals surface area contributed by atoms with Crippen molar-refractivity contribution in [1.82, 2.24) is 9.78 Å². The Kier molecular flexibility index (Phi) is 3.85. The first-order chi connectivity index (χ1) is 10.9. The average molecular weight is 314 g/mol. The molecular weight excluding hydrogens is 296 g/mol. The van der Waals surface area contributed by atoms with E-state index in [2.05, 4.69) is 10.4 Å². The van der Waals surface area contributed by atoms with Gasteiger partial charge >= 0.3 is 0 Å². The lowest BCUT2D eigenvalue weighted by atomic mass is 10.1. The number of fused-ring (bicyclic) bond motifs is 1. The van der Waals surface area contributed by atoms with E-state index in [0.717, 1.165) is 12.8 Å². The Morgan fingerprint density at radius 3 is 2.70 bits per heavy atom. The standard InChI is InChI=1S/C16H18N4O3/c1-9(21)8-20-13-5-4-11(18-14(22)6-10-2-3-10)7-12(13)15(19-20)16(17)23/h4-5,7,10H,2-3,6,8H2,1H3,(H2,17,23)(H,18,22). The summed E-state index contributed by atoms with van der Waals surface area (Å²) >= 11 is 0. The molecular formula is C16H18N4O3. The minimum absolute atomic E-state index is 0.0383. The number of aromatic nitrogens is 2. The van der Waals surface area contributed by atoms with E-state index in [4.69, 9.17) is 5.73 Å². The topological polar surface area (TPSA) is 107 Å². The van der Waals surface area contributed by atoms with E-state index >= 15 is 0 Å². The smallest absolute Gasteiger partial charge is 0.269 e. The second-order valence-electron chi connectivity index (χ2n) is 6.00. The second-order valence-corrected chi connectivity index (χ2v) is 6.00. The lowest BCUT2D eigenvalue weighted by Crippen LogP contribution is -2.14. The molecule has 1 fully saturated rings. The summed E-state index contributed by atoms with van der Waals surface area (Å²) in [6.45, 7) is 1.51. The molecule has 1 aliphatic carbocycles. The minimum Gasteiger partial charge on any atom is -0.364 e. The highest BCUT2D eigenvalue weighted by molar-refractivity contribution is 6.06. The molecule has 0 saturated heterocycles. The van der Waals surface area contributed by atoms with Crippen molar-refractivity contribution in [2.45, 2.75) is 32.7 Å². The molecule has 0 radical (unpaired) electrons. The van der Waals surface area contributed by atoms with Crippen LogP contribution in [0.15, 0.2) is 18.2 Å². The van der Waals surface area contributed by atoms with Gasteiger partial charge in [0.1, 0.15) is 0 Å². The maximum absolute atomic E-state index is 11.9. The summed E-state index contributed by atoms with van der Waals surface area (Å²) in [6.07, 6.45) is 2.73. The molecule has 120 valence electrons. The van der Waals surface area contributed by atoms with Crippen molar-refractivity contribution >= 4 is 34.2 Å². The number of anilines is 1. The molecule has 0 atom stereocenters. The van der Waals surface area contributed by atoms with E-state index in [-0.39, 0.29) is 23.9 Å². The lowest BCUT2D eigenvalue weighted by molar-refractivity contribution is -0.118. The molecule has 0 unspecified atom stereocenters. The Hall–Kier alpha value is -2.70. The van der Waals surface area contributed by atoms with Gasteiger partial charge in [0, 0.05) is 17.5 Å². The first-order valence-electron chi connectivity index (χ1n) is 7.53. The predicted molar refractivity (Wildman–Crippen MR) is 84.9 cm³/mol. The fourth-order valence-corrected chi connectivity index (χ4v) is 2.57. The van der Waals surface area contributed by atoms with E-state index in [1.54, 1.807) is 18.2 Å². The average Bonchev–Trinajstić information content (AvgIpc) is 3.19. The van der Waals surface area contributed by atoms with Crippen molar-refractivity contribution in [2.75, 3.05) is 5.32 Å². The number of nitrogens with zero attached hydrogens (tertiary/aromatic N) is 2. The van der Waals surface area contributed by atoms with Crippen molar-refractivity contribution in [3.8, 4) is 0 Å². The Morgan fingerprint density at radius 2 is 2.09 bits per heavy atom. The number of carbonyl (C=O) groups excluding carboxylic acids is 3. The Bertz CT molecular complexity index is 805. The Morgan fingerprint density at radius 1 is 1.35 bits per heavy atom. The lowest BCUT2D eigenvalue weighted by Gasteiger charge is -2.05. The zero-order valence-corrected chi connectivity index (χ0v) is 12.8. The van der Waals surface area contributed by atoms with Gasteiger partial charge in [-0.05, 0) is 43.9 Å². The highest BCUT2D eigenvalue weighted by Gasteiger charge is 2.24. The van der Waals surface area contributed by atoms with Crippen LogP contribution in [0.4, 0.5) is 5.69 Å². The molecule has 1 aromatic carbocycles. The van der Waals surface area contributed by atoms with Gasteiger partial charge in [0.05, 0.1) is 12.1 Å². The van der Waals surface area contributed by atoms with Crippen molar-refractivity contribution < 1.29 is 14.4 Å². The summed E-state index contributed by atoms with van der Waals surface area (Å²) in [5.74, 6) is -0.284. The molecule has 0 aliphatic heterocycles. The predicted octanol–water partition coefficient (Wildman–Crippen LogP) is 1.46. The fraction of sp³-hybridized carbons (Fsp3) is 0.375. The molecule has 7 heteroatoms. The van der Waals surface area contributed by atoms with Crippen molar-refractivity contribution in [3.05, 3.63) is 23.9 Å². The number of hydrogen-bond acceptors (Lipinski definition) is 4. The summed E-state index contributed by atoms with van der Waals surface area (Å²) in [7, 11) is 0. The van der Waals surface area contributed by atoms with Gasteiger partial charge in [-0.15, -0.1) is 0 Å². The van der Waals surface area contributed by atoms with Gasteiger partial charge in [-0.3, -0.25) is 19.1 Å². The van der Waals surface area contributed by atoms with E-state index < -0.39 is 5.91 Å². The van der Waals surface area contributed by atoms with E-state index in [0.29, 0.717) is 28.9 Å². The van der Waals surface area contributed by atoms with Crippen LogP contribution in [0.2, 0.25) is 0 Å². The summed E-state index contributed by atoms with van der Waals surface area (Å²) in [5.41, 5.74) is 6.68. The van der Waals surface area contributed by atoms with Gasteiger partial charge in [0.2, 0.25) is 5.91 Å². The zero-order chi connectivity index (χ0) is 16.6. The number of amides is 2. The number of primary amides is 1. The molecule has 23 heavy (non-hydrogen) atoms. The van der Waals surface area contributed by atoms with Gasteiger partial charge in [-0.1, -0.05) is 0 Å². The fourth-order valence-electron chi connectivity index (χ4n) is 2.57. The highest BCUT2D eigenvalue weighted by Crippen LogP contribution is 2.32. The van der Waals surface area contributed by atoms with E-state index in [9.17, 15) is 14.4 Å². The Balaban J connectivity index is 1.93. The van der Waals surface area contributed by atoms with Crippen molar-refractivity contribution in [1.29, 1.82) is 0 Å². The molecule has 2 aromatic rings. The number of rotatable bonds is 6. The first kappa shape index (κ1) is 15.2. The highest BCUT2D eigenvalue weighted by atomic mass is 16.2. The van der Waals surface area contributed by atoms with Crippen LogP contribution in [0.3, 0.4) is 0 Å². The van der Waals surface area contributed by atoms with Gasteiger partial charge < -0.3 is 11.1 Å². The van der Waals surface area contributed by atoms with Crippen LogP contribution in [-0.4, -0.2) is 27.4 Å². The van der Waals surface area contributed by atoms with Crippen LogP contribution in [0.5, 0.6) is 0 Å². The van der Waals surface area contributed by atoms with Crippen LogP contribution in [0.1, 0.15) is 36.7 Å². The number of nitrogens with two attached hydrogens (primary N) is 1. The maximum Gasteiger partial charge on any atom is 0.269 e. The van der Waals surface area contributed by atoms with Crippen LogP contribution in [0.25, 0.3) is 10.9 Å². The number of ketones is 1. The largest absolute Gasteiger partial charge is 0.364 e. The molecule has 1 aromatic heterocycles. The summed E-state index contributed by atoms with van der Waals surface area (Å²) in [6, 6.07) is 5.13. The van der Waals surface area contributed by atoms with Crippen molar-refractivity contribution in [2.24, 2.45) is 11.7 Å². The summed E-state index contributed by atoms with van der Waals surface area (Å²) < 4.78 is 1.45. The van der Waals surface area contributed by atoms with Crippen LogP contribution in [0, 0.1) is 5.92 Å². The van der Waals surface area contributed by atoms with Crippen molar-refractivity contribution in [3.63, 3.8) is 0 Å². The molecule has 1 heterocycles. The van der Waals surface area contributed by atoms with Gasteiger partial charge in [-0.2, -0.15) is 5.10 Å². The number of carbonyl (C=O) groups is 3. The molecule has 0 bridgehead atoms. The summed E-state index contributed by atoms with van der Waals surface area (Å²) in [4.78, 5) is 34.8. The third-order valence-electron chi connectivity index (χ3n) is 3.81. The second kappa shape index (κ2) is 5.83. The zero-order valence-electron chi connectivity index (χ0n) is 12.8. The molecule has 2 amide bonds. The quantitative estimate of drug-likeness (QED) is 0.841. The van der Waals surface area contributed by atoms with Gasteiger partial charge in [0.15, 0.2) is 11.5 Å². The monoisotopic (exact) mass is 314 g/mol.